The van der Waals surface area contributed by atoms with Crippen LogP contribution in [0, 0.1) is 11.8 Å². The zero-order valence-electron chi connectivity index (χ0n) is 44.0. The van der Waals surface area contributed by atoms with E-state index in [1.165, 1.54) is 128 Å². The van der Waals surface area contributed by atoms with Crippen molar-refractivity contribution in [1.29, 1.82) is 0 Å². The smallest absolute Gasteiger partial charge is 0.305 e. The Labute approximate surface area is 399 Å². The lowest BCUT2D eigenvalue weighted by atomic mass is 9.96. The first-order valence-electron chi connectivity index (χ1n) is 28.3. The molecule has 0 aliphatic heterocycles. The van der Waals surface area contributed by atoms with Gasteiger partial charge in [-0.1, -0.05) is 202 Å². The third kappa shape index (κ3) is 38.2. The molecule has 0 N–H and O–H groups in total. The van der Waals surface area contributed by atoms with Crippen LogP contribution in [0.5, 0.6) is 0 Å². The van der Waals surface area contributed by atoms with Crippen LogP contribution < -0.4 is 0 Å². The van der Waals surface area contributed by atoms with Gasteiger partial charge in [0.1, 0.15) is 0 Å². The second-order valence-corrected chi connectivity index (χ2v) is 19.4. The summed E-state index contributed by atoms with van der Waals surface area (Å²) < 4.78 is 11.6. The van der Waals surface area contributed by atoms with Crippen molar-refractivity contribution in [3.05, 3.63) is 12.2 Å². The van der Waals surface area contributed by atoms with Crippen LogP contribution in [0.4, 0.5) is 0 Å². The van der Waals surface area contributed by atoms with Gasteiger partial charge in [0.05, 0.1) is 13.2 Å². The van der Waals surface area contributed by atoms with Gasteiger partial charge in [-0.2, -0.15) is 0 Å². The van der Waals surface area contributed by atoms with E-state index in [2.05, 4.69) is 70.4 Å². The van der Waals surface area contributed by atoms with Crippen molar-refractivity contribution in [2.24, 2.45) is 11.8 Å². The molecule has 0 aromatic heterocycles. The van der Waals surface area contributed by atoms with E-state index in [1.54, 1.807) is 0 Å². The average molecular weight is 904 g/mol. The fraction of sp³-hybridized carbons (Fsp3) is 0.912. The number of unbranched alkanes of at least 4 members (excludes halogenated alkanes) is 18. The molecule has 64 heavy (non-hydrogen) atoms. The summed E-state index contributed by atoms with van der Waals surface area (Å²) in [4.78, 5) is 43.8. The summed E-state index contributed by atoms with van der Waals surface area (Å²) >= 11 is 0. The zero-order chi connectivity index (χ0) is 47.1. The highest BCUT2D eigenvalue weighted by Crippen LogP contribution is 2.23. The number of allylic oxidation sites excluding steroid dienone is 2. The molecule has 0 aliphatic carbocycles. The lowest BCUT2D eigenvalue weighted by molar-refractivity contribution is -0.146. The summed E-state index contributed by atoms with van der Waals surface area (Å²) in [7, 11) is 0. The minimum Gasteiger partial charge on any atom is -0.465 e. The van der Waals surface area contributed by atoms with Crippen molar-refractivity contribution in [2.75, 3.05) is 39.4 Å². The quantitative estimate of drug-likeness (QED) is 0.0344. The molecule has 0 aromatic rings. The number of ether oxygens (including phenoxy) is 2. The van der Waals surface area contributed by atoms with Crippen LogP contribution in [0.2, 0.25) is 0 Å². The molecule has 0 saturated heterocycles. The van der Waals surface area contributed by atoms with Crippen LogP contribution in [0.15, 0.2) is 12.2 Å². The fourth-order valence-electron chi connectivity index (χ4n) is 9.21. The summed E-state index contributed by atoms with van der Waals surface area (Å²) in [6, 6.07) is 0.296. The van der Waals surface area contributed by atoms with Gasteiger partial charge < -0.3 is 19.3 Å². The Kier molecular flexibility index (Phi) is 46.2. The maximum Gasteiger partial charge on any atom is 0.305 e. The van der Waals surface area contributed by atoms with E-state index in [1.807, 2.05) is 0 Å². The maximum atomic E-state index is 13.9. The molecule has 1 amide bonds. The SMILES string of the molecule is CCC=CCCC(=O)N(CCCN(CC)CC)C(CCCCCCCCC(=O)OCC(CCCC)CCCCCC)CCCCCCCCC(=O)OCC(CCCC)CCCCCC. The van der Waals surface area contributed by atoms with E-state index >= 15 is 0 Å². The molecule has 7 nitrogen and oxygen atoms in total. The number of hydrogen-bond acceptors (Lipinski definition) is 6. The molecule has 0 bridgehead atoms. The monoisotopic (exact) mass is 903 g/mol. The van der Waals surface area contributed by atoms with Gasteiger partial charge in [0.2, 0.25) is 5.91 Å². The molecule has 0 saturated carbocycles. The van der Waals surface area contributed by atoms with Gasteiger partial charge in [0.15, 0.2) is 0 Å². The molecular weight excluding hydrogens is 793 g/mol. The van der Waals surface area contributed by atoms with E-state index in [9.17, 15) is 14.4 Å². The molecule has 0 fully saturated rings. The van der Waals surface area contributed by atoms with Gasteiger partial charge in [-0.05, 0) is 102 Å². The number of esters is 2. The van der Waals surface area contributed by atoms with Gasteiger partial charge in [0, 0.05) is 31.8 Å². The highest BCUT2D eigenvalue weighted by molar-refractivity contribution is 5.76. The first kappa shape index (κ1) is 62.1. The molecule has 0 rings (SSSR count). The third-order valence-corrected chi connectivity index (χ3v) is 13.6. The van der Waals surface area contributed by atoms with Gasteiger partial charge >= 0.3 is 11.9 Å². The van der Waals surface area contributed by atoms with Crippen LogP contribution in [-0.2, 0) is 23.9 Å². The minimum absolute atomic E-state index is 0.0107. The third-order valence-electron chi connectivity index (χ3n) is 13.6. The average Bonchev–Trinajstić information content (AvgIpc) is 3.30. The number of amides is 1. The Morgan fingerprint density at radius 3 is 1.27 bits per heavy atom. The Morgan fingerprint density at radius 2 is 0.828 bits per heavy atom. The molecule has 0 spiro atoms. The van der Waals surface area contributed by atoms with E-state index < -0.39 is 0 Å². The predicted octanol–water partition coefficient (Wildman–Crippen LogP) is 16.5. The summed E-state index contributed by atoms with van der Waals surface area (Å²) in [5.74, 6) is 1.35. The first-order valence-corrected chi connectivity index (χ1v) is 28.3. The van der Waals surface area contributed by atoms with Crippen LogP contribution in [0.3, 0.4) is 0 Å². The van der Waals surface area contributed by atoms with Crippen LogP contribution >= 0.6 is 0 Å². The summed E-state index contributed by atoms with van der Waals surface area (Å²) in [6.07, 6.45) is 44.2. The second-order valence-electron chi connectivity index (χ2n) is 19.4. The van der Waals surface area contributed by atoms with Crippen LogP contribution in [-0.4, -0.2) is 73.1 Å². The summed E-state index contributed by atoms with van der Waals surface area (Å²) in [5, 5.41) is 0. The Bertz CT molecular complexity index is 1000. The maximum absolute atomic E-state index is 13.9. The molecule has 0 aromatic carbocycles. The number of rotatable bonds is 49. The van der Waals surface area contributed by atoms with Crippen LogP contribution in [0.25, 0.3) is 0 Å². The van der Waals surface area contributed by atoms with Crippen molar-refractivity contribution >= 4 is 17.8 Å². The molecule has 0 radical (unpaired) electrons. The largest absolute Gasteiger partial charge is 0.465 e. The molecule has 2 atom stereocenters. The van der Waals surface area contributed by atoms with Crippen LogP contribution in [0.1, 0.15) is 280 Å². The van der Waals surface area contributed by atoms with Gasteiger partial charge in [-0.15, -0.1) is 0 Å². The number of hydrogen-bond donors (Lipinski definition) is 0. The second kappa shape index (κ2) is 47.6. The Balaban J connectivity index is 5.02. The molecule has 7 heteroatoms. The first-order chi connectivity index (χ1) is 31.3. The highest BCUT2D eigenvalue weighted by Gasteiger charge is 2.23. The lowest BCUT2D eigenvalue weighted by Gasteiger charge is -2.33. The summed E-state index contributed by atoms with van der Waals surface area (Å²) in [5.41, 5.74) is 0. The summed E-state index contributed by atoms with van der Waals surface area (Å²) in [6.45, 7) is 20.8. The topological polar surface area (TPSA) is 76.2 Å². The Morgan fingerprint density at radius 1 is 0.422 bits per heavy atom. The van der Waals surface area contributed by atoms with Crippen molar-refractivity contribution < 1.29 is 23.9 Å². The van der Waals surface area contributed by atoms with E-state index in [0.29, 0.717) is 56.3 Å². The van der Waals surface area contributed by atoms with Crippen molar-refractivity contribution in [3.63, 3.8) is 0 Å². The Hall–Kier alpha value is -1.89. The lowest BCUT2D eigenvalue weighted by Crippen LogP contribution is -2.42. The van der Waals surface area contributed by atoms with Crippen molar-refractivity contribution in [2.45, 2.75) is 286 Å². The van der Waals surface area contributed by atoms with Gasteiger partial charge in [-0.3, -0.25) is 14.4 Å². The number of carbonyl (C=O) groups excluding carboxylic acids is 3. The minimum atomic E-state index is -0.0107. The molecule has 0 aliphatic rings. The van der Waals surface area contributed by atoms with E-state index in [0.717, 1.165) is 110 Å². The molecule has 0 heterocycles. The number of carbonyl (C=O) groups is 3. The van der Waals surface area contributed by atoms with E-state index in [-0.39, 0.29) is 11.9 Å². The predicted molar refractivity (Wildman–Crippen MR) is 276 cm³/mol. The normalized spacial score (nSPS) is 13.1. The number of nitrogens with zero attached hydrogens (tertiary/aromatic N) is 2. The molecular formula is C57H110N2O5. The van der Waals surface area contributed by atoms with E-state index in [4.69, 9.17) is 9.47 Å². The van der Waals surface area contributed by atoms with Crippen molar-refractivity contribution in [3.8, 4) is 0 Å². The fourth-order valence-corrected chi connectivity index (χ4v) is 9.21. The van der Waals surface area contributed by atoms with Crippen molar-refractivity contribution in [1.82, 2.24) is 9.80 Å². The molecule has 2 unspecified atom stereocenters. The zero-order valence-corrected chi connectivity index (χ0v) is 44.0. The van der Waals surface area contributed by atoms with Gasteiger partial charge in [0.25, 0.3) is 0 Å². The van der Waals surface area contributed by atoms with Gasteiger partial charge in [-0.25, -0.2) is 0 Å². The highest BCUT2D eigenvalue weighted by atomic mass is 16.5. The standard InChI is InChI=1S/C57H110N2O5/c1-8-15-20-31-41-52(39-18-11-4)50-63-56(61)46-36-29-25-23-27-33-43-54(59(49-38-48-58(13-6)14-7)55(60)45-35-22-17-10-3)44-34-28-24-26-30-37-47-57(62)64-51-53(40-19-12-5)42-32-21-16-9-2/h17,22,52-54H,8-16,18-21,23-51H2,1-7H3. The molecule has 378 valence electrons.